The van der Waals surface area contributed by atoms with Crippen LogP contribution in [0.5, 0.6) is 0 Å². The topological polar surface area (TPSA) is 55.1 Å². The van der Waals surface area contributed by atoms with Crippen molar-refractivity contribution in [1.29, 1.82) is 0 Å². The molecule has 0 aromatic heterocycles. The number of Topliss-reactive ketones (excluding diaryl/α,β-unsaturated/α-hetero) is 1. The SMILES string of the molecule is CC(C)C[C@H]1NC[C@H](CN)C1=O. The third-order valence-corrected chi connectivity index (χ3v) is 2.35. The average Bonchev–Trinajstić information content (AvgIpc) is 2.32. The predicted molar refractivity (Wildman–Crippen MR) is 48.8 cm³/mol. The second-order valence-electron chi connectivity index (χ2n) is 3.93. The number of rotatable bonds is 3. The molecular weight excluding hydrogens is 152 g/mol. The standard InChI is InChI=1S/C9H18N2O/c1-6(2)3-8-9(12)7(4-10)5-11-8/h6-8,11H,3-5,10H2,1-2H3/t7-,8+/m0/s1. The van der Waals surface area contributed by atoms with E-state index in [1.54, 1.807) is 0 Å². The van der Waals surface area contributed by atoms with Gasteiger partial charge < -0.3 is 11.1 Å². The van der Waals surface area contributed by atoms with Crippen LogP contribution in [0.25, 0.3) is 0 Å². The van der Waals surface area contributed by atoms with Gasteiger partial charge in [0.1, 0.15) is 0 Å². The molecule has 0 aromatic carbocycles. The van der Waals surface area contributed by atoms with Gasteiger partial charge in [0.05, 0.1) is 6.04 Å². The Hall–Kier alpha value is -0.410. The lowest BCUT2D eigenvalue weighted by Gasteiger charge is -2.11. The highest BCUT2D eigenvalue weighted by Crippen LogP contribution is 2.15. The van der Waals surface area contributed by atoms with E-state index in [0.29, 0.717) is 18.2 Å². The highest BCUT2D eigenvalue weighted by atomic mass is 16.1. The molecular formula is C9H18N2O. The smallest absolute Gasteiger partial charge is 0.155 e. The van der Waals surface area contributed by atoms with Crippen LogP contribution in [0.1, 0.15) is 20.3 Å². The summed E-state index contributed by atoms with van der Waals surface area (Å²) >= 11 is 0. The van der Waals surface area contributed by atoms with Crippen LogP contribution in [-0.4, -0.2) is 24.9 Å². The van der Waals surface area contributed by atoms with Crippen LogP contribution < -0.4 is 11.1 Å². The summed E-state index contributed by atoms with van der Waals surface area (Å²) in [6.45, 7) is 5.52. The van der Waals surface area contributed by atoms with Gasteiger partial charge in [-0.2, -0.15) is 0 Å². The van der Waals surface area contributed by atoms with Gasteiger partial charge in [0.2, 0.25) is 0 Å². The maximum atomic E-state index is 11.5. The van der Waals surface area contributed by atoms with E-state index >= 15 is 0 Å². The number of ketones is 1. The summed E-state index contributed by atoms with van der Waals surface area (Å²) in [6, 6.07) is 0.0681. The van der Waals surface area contributed by atoms with Crippen molar-refractivity contribution in [2.45, 2.75) is 26.3 Å². The van der Waals surface area contributed by atoms with Crippen LogP contribution in [0.3, 0.4) is 0 Å². The number of carbonyl (C=O) groups is 1. The monoisotopic (exact) mass is 170 g/mol. The first kappa shape index (κ1) is 9.68. The Morgan fingerprint density at radius 3 is 2.75 bits per heavy atom. The lowest BCUT2D eigenvalue weighted by molar-refractivity contribution is -0.121. The van der Waals surface area contributed by atoms with Crippen LogP contribution in [0.4, 0.5) is 0 Å². The van der Waals surface area contributed by atoms with Crippen LogP contribution in [0, 0.1) is 11.8 Å². The largest absolute Gasteiger partial charge is 0.330 e. The van der Waals surface area contributed by atoms with Gasteiger partial charge >= 0.3 is 0 Å². The van der Waals surface area contributed by atoms with Crippen molar-refractivity contribution in [3.05, 3.63) is 0 Å². The average molecular weight is 170 g/mol. The summed E-state index contributed by atoms with van der Waals surface area (Å²) in [5.41, 5.74) is 5.46. The summed E-state index contributed by atoms with van der Waals surface area (Å²) < 4.78 is 0. The molecule has 0 aromatic rings. The first-order valence-electron chi connectivity index (χ1n) is 4.62. The van der Waals surface area contributed by atoms with Crippen molar-refractivity contribution < 1.29 is 4.79 Å². The zero-order valence-electron chi connectivity index (χ0n) is 7.84. The molecule has 1 aliphatic heterocycles. The first-order valence-corrected chi connectivity index (χ1v) is 4.62. The summed E-state index contributed by atoms with van der Waals surface area (Å²) in [5.74, 6) is 0.947. The molecule has 0 bridgehead atoms. The van der Waals surface area contributed by atoms with Crippen molar-refractivity contribution in [3.8, 4) is 0 Å². The van der Waals surface area contributed by atoms with E-state index in [9.17, 15) is 4.79 Å². The van der Waals surface area contributed by atoms with E-state index in [1.165, 1.54) is 0 Å². The lowest BCUT2D eigenvalue weighted by Crippen LogP contribution is -2.29. The van der Waals surface area contributed by atoms with E-state index in [4.69, 9.17) is 5.73 Å². The number of hydrogen-bond acceptors (Lipinski definition) is 3. The zero-order chi connectivity index (χ0) is 9.14. The highest BCUT2D eigenvalue weighted by Gasteiger charge is 2.32. The summed E-state index contributed by atoms with van der Waals surface area (Å²) in [5, 5.41) is 3.21. The maximum Gasteiger partial charge on any atom is 0.155 e. The van der Waals surface area contributed by atoms with Crippen LogP contribution in [0.2, 0.25) is 0 Å². The predicted octanol–water partition coefficient (Wildman–Crippen LogP) is 0.148. The van der Waals surface area contributed by atoms with E-state index in [0.717, 1.165) is 13.0 Å². The molecule has 1 heterocycles. The maximum absolute atomic E-state index is 11.5. The third-order valence-electron chi connectivity index (χ3n) is 2.35. The zero-order valence-corrected chi connectivity index (χ0v) is 7.84. The Morgan fingerprint density at radius 1 is 1.67 bits per heavy atom. The van der Waals surface area contributed by atoms with Crippen LogP contribution >= 0.6 is 0 Å². The molecule has 12 heavy (non-hydrogen) atoms. The molecule has 1 aliphatic rings. The van der Waals surface area contributed by atoms with Crippen molar-refractivity contribution >= 4 is 5.78 Å². The molecule has 0 saturated carbocycles. The fraction of sp³-hybridized carbons (Fsp3) is 0.889. The number of hydrogen-bond donors (Lipinski definition) is 2. The fourth-order valence-corrected chi connectivity index (χ4v) is 1.64. The van der Waals surface area contributed by atoms with Gasteiger partial charge in [-0.3, -0.25) is 4.79 Å². The minimum Gasteiger partial charge on any atom is -0.330 e. The Morgan fingerprint density at radius 2 is 2.33 bits per heavy atom. The van der Waals surface area contributed by atoms with Gasteiger partial charge in [0.15, 0.2) is 5.78 Å². The van der Waals surface area contributed by atoms with E-state index < -0.39 is 0 Å². The van der Waals surface area contributed by atoms with Crippen molar-refractivity contribution in [2.75, 3.05) is 13.1 Å². The quantitative estimate of drug-likeness (QED) is 0.634. The Bertz CT molecular complexity index is 168. The van der Waals surface area contributed by atoms with Crippen molar-refractivity contribution in [1.82, 2.24) is 5.32 Å². The molecule has 0 unspecified atom stereocenters. The Balaban J connectivity index is 2.44. The summed E-state index contributed by atoms with van der Waals surface area (Å²) in [4.78, 5) is 11.5. The minimum atomic E-state index is 0.0637. The molecule has 3 N–H and O–H groups in total. The Kier molecular flexibility index (Phi) is 3.23. The third kappa shape index (κ3) is 2.05. The van der Waals surface area contributed by atoms with Gasteiger partial charge in [-0.1, -0.05) is 13.8 Å². The first-order chi connectivity index (χ1) is 5.65. The van der Waals surface area contributed by atoms with E-state index in [2.05, 4.69) is 19.2 Å². The molecule has 0 radical (unpaired) electrons. The second-order valence-corrected chi connectivity index (χ2v) is 3.93. The molecule has 1 fully saturated rings. The lowest BCUT2D eigenvalue weighted by atomic mass is 9.97. The highest BCUT2D eigenvalue weighted by molar-refractivity contribution is 5.88. The molecule has 0 aliphatic carbocycles. The van der Waals surface area contributed by atoms with E-state index in [1.807, 2.05) is 0 Å². The molecule has 1 saturated heterocycles. The molecule has 70 valence electrons. The normalized spacial score (nSPS) is 30.2. The second kappa shape index (κ2) is 4.01. The fourth-order valence-electron chi connectivity index (χ4n) is 1.64. The van der Waals surface area contributed by atoms with Gasteiger partial charge in [0, 0.05) is 19.0 Å². The van der Waals surface area contributed by atoms with Crippen molar-refractivity contribution in [2.24, 2.45) is 17.6 Å². The number of nitrogens with two attached hydrogens (primary N) is 1. The van der Waals surface area contributed by atoms with Gasteiger partial charge in [-0.15, -0.1) is 0 Å². The Labute approximate surface area is 73.7 Å². The molecule has 3 heteroatoms. The summed E-state index contributed by atoms with van der Waals surface area (Å²) in [6.07, 6.45) is 0.940. The van der Waals surface area contributed by atoms with Crippen LogP contribution in [-0.2, 0) is 4.79 Å². The molecule has 0 spiro atoms. The minimum absolute atomic E-state index is 0.0637. The molecule has 3 nitrogen and oxygen atoms in total. The summed E-state index contributed by atoms with van der Waals surface area (Å²) in [7, 11) is 0. The van der Waals surface area contributed by atoms with Crippen molar-refractivity contribution in [3.63, 3.8) is 0 Å². The number of nitrogens with one attached hydrogen (secondary N) is 1. The van der Waals surface area contributed by atoms with Crippen LogP contribution in [0.15, 0.2) is 0 Å². The molecule has 0 amide bonds. The van der Waals surface area contributed by atoms with E-state index in [-0.39, 0.29) is 12.0 Å². The molecule has 1 rings (SSSR count). The van der Waals surface area contributed by atoms with Gasteiger partial charge in [-0.25, -0.2) is 0 Å². The number of carbonyl (C=O) groups excluding carboxylic acids is 1. The molecule has 2 atom stereocenters. The van der Waals surface area contributed by atoms with Gasteiger partial charge in [-0.05, 0) is 12.3 Å². The van der Waals surface area contributed by atoms with Gasteiger partial charge in [0.25, 0.3) is 0 Å².